The van der Waals surface area contributed by atoms with Crippen molar-refractivity contribution >= 4 is 17.4 Å². The minimum atomic E-state index is -1.56. The molecule has 0 aromatic carbocycles. The van der Waals surface area contributed by atoms with Crippen molar-refractivity contribution in [2.75, 3.05) is 34.3 Å². The Morgan fingerprint density at radius 2 is 1.88 bits per heavy atom. The zero-order valence-electron chi connectivity index (χ0n) is 21.3. The van der Waals surface area contributed by atoms with Crippen LogP contribution in [-0.2, 0) is 9.59 Å². The minimum absolute atomic E-state index is 0.0616. The van der Waals surface area contributed by atoms with E-state index in [1.165, 1.54) is 5.57 Å². The Balaban J connectivity index is 1.56. The molecule has 190 valence electrons. The van der Waals surface area contributed by atoms with E-state index in [1.807, 2.05) is 28.1 Å². The van der Waals surface area contributed by atoms with Gasteiger partial charge in [0.25, 0.3) is 5.91 Å². The van der Waals surface area contributed by atoms with Crippen LogP contribution in [0.3, 0.4) is 0 Å². The molecular formula is C26H42N3O5+. The van der Waals surface area contributed by atoms with Gasteiger partial charge in [0.1, 0.15) is 12.2 Å². The number of allylic oxidation sites excluding steroid dienone is 2. The molecule has 0 saturated heterocycles. The number of carbonyl (C=O) groups excluding carboxylic acids is 2. The van der Waals surface area contributed by atoms with Gasteiger partial charge in [-0.2, -0.15) is 5.10 Å². The molecule has 0 spiro atoms. The first-order valence-corrected chi connectivity index (χ1v) is 12.7. The zero-order valence-corrected chi connectivity index (χ0v) is 21.3. The van der Waals surface area contributed by atoms with Crippen LogP contribution in [0, 0.1) is 28.6 Å². The third-order valence-corrected chi connectivity index (χ3v) is 9.61. The molecule has 0 bridgehead atoms. The lowest BCUT2D eigenvalue weighted by molar-refractivity contribution is -0.862. The molecule has 0 heterocycles. The van der Waals surface area contributed by atoms with Gasteiger partial charge in [-0.3, -0.25) is 9.59 Å². The van der Waals surface area contributed by atoms with Crippen molar-refractivity contribution < 1.29 is 29.4 Å². The van der Waals surface area contributed by atoms with Crippen LogP contribution >= 0.6 is 0 Å². The van der Waals surface area contributed by atoms with E-state index in [2.05, 4.69) is 23.5 Å². The van der Waals surface area contributed by atoms with Crippen molar-refractivity contribution in [3.63, 3.8) is 0 Å². The summed E-state index contributed by atoms with van der Waals surface area (Å²) in [5, 5.41) is 36.7. The lowest BCUT2D eigenvalue weighted by atomic mass is 9.45. The quantitative estimate of drug-likeness (QED) is 0.353. The summed E-state index contributed by atoms with van der Waals surface area (Å²) >= 11 is 0. The molecule has 4 rings (SSSR count). The number of hydrogen-bond acceptors (Lipinski definition) is 6. The van der Waals surface area contributed by atoms with Crippen LogP contribution in [-0.4, -0.2) is 83.2 Å². The Morgan fingerprint density at radius 3 is 2.53 bits per heavy atom. The van der Waals surface area contributed by atoms with Gasteiger partial charge in [0.15, 0.2) is 12.3 Å². The average molecular weight is 477 g/mol. The van der Waals surface area contributed by atoms with E-state index in [1.54, 1.807) is 0 Å². The monoisotopic (exact) mass is 476 g/mol. The number of carbonyl (C=O) groups is 2. The molecule has 34 heavy (non-hydrogen) atoms. The summed E-state index contributed by atoms with van der Waals surface area (Å²) in [4.78, 5) is 24.7. The normalized spacial score (nSPS) is 42.9. The molecule has 7 atom stereocenters. The third kappa shape index (κ3) is 3.96. The van der Waals surface area contributed by atoms with Crippen molar-refractivity contribution in [1.29, 1.82) is 0 Å². The summed E-state index contributed by atoms with van der Waals surface area (Å²) in [6.45, 7) is 3.87. The zero-order chi connectivity index (χ0) is 25.1. The number of amides is 1. The van der Waals surface area contributed by atoms with Crippen molar-refractivity contribution in [3.8, 4) is 0 Å². The summed E-state index contributed by atoms with van der Waals surface area (Å²) in [6, 6.07) is 0. The molecule has 4 aliphatic rings. The summed E-state index contributed by atoms with van der Waals surface area (Å²) in [5.41, 5.74) is 2.40. The highest BCUT2D eigenvalue weighted by atomic mass is 16.3. The molecule has 3 fully saturated rings. The van der Waals surface area contributed by atoms with Gasteiger partial charge >= 0.3 is 0 Å². The molecule has 8 nitrogen and oxygen atoms in total. The number of aliphatic hydroxyl groups is 3. The van der Waals surface area contributed by atoms with Crippen molar-refractivity contribution in [2.24, 2.45) is 33.7 Å². The molecule has 4 N–H and O–H groups in total. The van der Waals surface area contributed by atoms with E-state index in [9.17, 15) is 24.9 Å². The number of hydrogen-bond donors (Lipinski definition) is 4. The second kappa shape index (κ2) is 8.50. The second-order valence-corrected chi connectivity index (χ2v) is 12.7. The number of fused-ring (bicyclic) bond motifs is 5. The molecule has 8 heteroatoms. The van der Waals surface area contributed by atoms with Crippen LogP contribution in [0.15, 0.2) is 16.8 Å². The van der Waals surface area contributed by atoms with E-state index < -0.39 is 29.5 Å². The fourth-order valence-corrected chi connectivity index (χ4v) is 7.98. The van der Waals surface area contributed by atoms with Crippen LogP contribution in [0.5, 0.6) is 0 Å². The lowest BCUT2D eigenvalue weighted by Gasteiger charge is -2.60. The molecule has 4 aliphatic carbocycles. The van der Waals surface area contributed by atoms with Crippen LogP contribution in [0.4, 0.5) is 0 Å². The maximum absolute atomic E-state index is 12.5. The molecule has 0 aliphatic heterocycles. The SMILES string of the molecule is C[C@]12CC/C(=N/NC(=O)C[N+](C)(C)C)C=C1CC[C@@H]1[C@@H]2[C@@H](O)C[C@@]2(C)[C@H]1CC[C@]2(O)C(=O)CO. The first kappa shape index (κ1) is 25.5. The topological polar surface area (TPSA) is 119 Å². The van der Waals surface area contributed by atoms with Gasteiger partial charge in [-0.1, -0.05) is 19.4 Å². The fourth-order valence-electron chi connectivity index (χ4n) is 7.98. The van der Waals surface area contributed by atoms with E-state index in [-0.39, 0.29) is 29.1 Å². The van der Waals surface area contributed by atoms with Gasteiger partial charge in [-0.25, -0.2) is 5.43 Å². The van der Waals surface area contributed by atoms with Gasteiger partial charge in [0.05, 0.1) is 33.0 Å². The average Bonchev–Trinajstić information content (AvgIpc) is 3.01. The number of nitrogens with one attached hydrogen (secondary N) is 1. The Bertz CT molecular complexity index is 924. The summed E-state index contributed by atoms with van der Waals surface area (Å²) < 4.78 is 0.538. The number of aliphatic hydroxyl groups excluding tert-OH is 2. The highest BCUT2D eigenvalue weighted by molar-refractivity contribution is 5.97. The molecule has 3 saturated carbocycles. The summed E-state index contributed by atoms with van der Waals surface area (Å²) in [5.74, 6) is -0.199. The number of quaternary nitrogens is 1. The van der Waals surface area contributed by atoms with E-state index in [0.29, 0.717) is 23.9 Å². The Hall–Kier alpha value is -1.61. The summed E-state index contributed by atoms with van der Waals surface area (Å²) in [7, 11) is 5.89. The van der Waals surface area contributed by atoms with Gasteiger partial charge in [-0.15, -0.1) is 0 Å². The smallest absolute Gasteiger partial charge is 0.295 e. The van der Waals surface area contributed by atoms with Crippen LogP contribution in [0.1, 0.15) is 58.8 Å². The first-order chi connectivity index (χ1) is 15.7. The lowest BCUT2D eigenvalue weighted by Crippen LogP contribution is -2.62. The molecule has 1 amide bonds. The standard InChI is InChI=1S/C26H41N3O5/c1-24-10-8-17(27-28-22(33)14-29(3,4)5)12-16(24)6-7-18-19-9-11-26(34,21(32)15-30)25(19,2)13-20(31)23(18)24/h12,18-20,23,30-31,34H,6-11,13-15H2,1-5H3/p+1/b27-17-/t18-,19-,20-,23+,24-,25-,26-/m0/s1. The van der Waals surface area contributed by atoms with Gasteiger partial charge in [0, 0.05) is 5.41 Å². The maximum atomic E-state index is 12.5. The van der Waals surface area contributed by atoms with Crippen molar-refractivity contribution in [3.05, 3.63) is 11.6 Å². The van der Waals surface area contributed by atoms with Gasteiger partial charge in [-0.05, 0) is 74.2 Å². The van der Waals surface area contributed by atoms with Crippen molar-refractivity contribution in [2.45, 2.75) is 70.5 Å². The minimum Gasteiger partial charge on any atom is -0.393 e. The highest BCUT2D eigenvalue weighted by Crippen LogP contribution is 2.67. The Labute approximate surface area is 202 Å². The highest BCUT2D eigenvalue weighted by Gasteiger charge is 2.68. The maximum Gasteiger partial charge on any atom is 0.295 e. The third-order valence-electron chi connectivity index (χ3n) is 9.61. The van der Waals surface area contributed by atoms with E-state index in [4.69, 9.17) is 0 Å². The fraction of sp³-hybridized carbons (Fsp3) is 0.808. The molecule has 0 aromatic rings. The first-order valence-electron chi connectivity index (χ1n) is 12.7. The molecule has 0 aromatic heterocycles. The van der Waals surface area contributed by atoms with Gasteiger partial charge < -0.3 is 19.8 Å². The predicted molar refractivity (Wildman–Crippen MR) is 129 cm³/mol. The van der Waals surface area contributed by atoms with E-state index >= 15 is 0 Å². The largest absolute Gasteiger partial charge is 0.393 e. The van der Waals surface area contributed by atoms with Crippen LogP contribution < -0.4 is 5.43 Å². The Kier molecular flexibility index (Phi) is 6.37. The Morgan fingerprint density at radius 1 is 1.18 bits per heavy atom. The summed E-state index contributed by atoms with van der Waals surface area (Å²) in [6.07, 6.45) is 6.32. The second-order valence-electron chi connectivity index (χ2n) is 12.7. The number of hydrazone groups is 1. The van der Waals surface area contributed by atoms with Crippen LogP contribution in [0.2, 0.25) is 0 Å². The van der Waals surface area contributed by atoms with Crippen molar-refractivity contribution in [1.82, 2.24) is 5.43 Å². The predicted octanol–water partition coefficient (Wildman–Crippen LogP) is 1.39. The van der Waals surface area contributed by atoms with Crippen LogP contribution in [0.25, 0.3) is 0 Å². The number of ketones is 1. The number of nitrogens with zero attached hydrogens (tertiary/aromatic N) is 2. The number of Topliss-reactive ketones (excluding diaryl/α,β-unsaturated/α-hetero) is 1. The number of likely N-dealkylation sites (N-methyl/N-ethyl adjacent to an activating group) is 1. The molecular weight excluding hydrogens is 434 g/mol. The molecule has 0 radical (unpaired) electrons. The van der Waals surface area contributed by atoms with Gasteiger partial charge in [0.2, 0.25) is 0 Å². The number of rotatable bonds is 5. The van der Waals surface area contributed by atoms with E-state index in [0.717, 1.165) is 37.8 Å². The molecule has 0 unspecified atom stereocenters.